The van der Waals surface area contributed by atoms with E-state index in [1.54, 1.807) is 29.8 Å². The molecule has 142 valence electrons. The number of thioether (sulfide) groups is 1. The third-order valence-corrected chi connectivity index (χ3v) is 6.38. The molecule has 0 saturated carbocycles. The summed E-state index contributed by atoms with van der Waals surface area (Å²) in [5, 5.41) is 14.9. The summed E-state index contributed by atoms with van der Waals surface area (Å²) in [4.78, 5) is 13.6. The van der Waals surface area contributed by atoms with E-state index in [0.29, 0.717) is 10.0 Å². The topological polar surface area (TPSA) is 59.8 Å². The predicted octanol–water partition coefficient (Wildman–Crippen LogP) is 4.86. The van der Waals surface area contributed by atoms with E-state index in [9.17, 15) is 4.79 Å². The highest BCUT2D eigenvalue weighted by Crippen LogP contribution is 2.26. The number of aryl methyl sites for hydroxylation is 2. The minimum Gasteiger partial charge on any atom is -0.349 e. The molecule has 5 nitrogen and oxygen atoms in total. The Bertz CT molecular complexity index is 899. The van der Waals surface area contributed by atoms with Crippen LogP contribution in [0.25, 0.3) is 0 Å². The van der Waals surface area contributed by atoms with Gasteiger partial charge in [0.1, 0.15) is 6.33 Å². The minimum atomic E-state index is -0.209. The van der Waals surface area contributed by atoms with E-state index in [0.717, 1.165) is 23.7 Å². The minimum absolute atomic E-state index is 0.0914. The van der Waals surface area contributed by atoms with Gasteiger partial charge in [-0.15, -0.1) is 21.5 Å². The molecule has 0 aliphatic carbocycles. The average molecular weight is 441 g/mol. The Morgan fingerprint density at radius 2 is 2.22 bits per heavy atom. The van der Waals surface area contributed by atoms with E-state index in [4.69, 9.17) is 23.2 Å². The Morgan fingerprint density at radius 3 is 2.96 bits per heavy atom. The molecule has 1 amide bonds. The van der Waals surface area contributed by atoms with Crippen molar-refractivity contribution in [2.75, 3.05) is 5.75 Å². The molecule has 1 unspecified atom stereocenters. The zero-order valence-electron chi connectivity index (χ0n) is 14.6. The molecule has 0 aliphatic rings. The second-order valence-electron chi connectivity index (χ2n) is 5.88. The summed E-state index contributed by atoms with van der Waals surface area (Å²) in [6.45, 7) is 2.68. The van der Waals surface area contributed by atoms with Crippen molar-refractivity contribution < 1.29 is 4.79 Å². The molecule has 2 aromatic heterocycles. The molecule has 0 radical (unpaired) electrons. The zero-order chi connectivity index (χ0) is 19.2. The van der Waals surface area contributed by atoms with Gasteiger partial charge in [0.05, 0.1) is 11.8 Å². The van der Waals surface area contributed by atoms with Crippen LogP contribution in [-0.4, -0.2) is 26.4 Å². The molecular formula is C18H18Cl2N4OS2. The fourth-order valence-electron chi connectivity index (χ4n) is 2.54. The van der Waals surface area contributed by atoms with Gasteiger partial charge in [0, 0.05) is 21.5 Å². The van der Waals surface area contributed by atoms with Crippen LogP contribution in [-0.2, 0) is 17.8 Å². The van der Waals surface area contributed by atoms with Crippen molar-refractivity contribution in [2.24, 2.45) is 0 Å². The number of hydrogen-bond donors (Lipinski definition) is 1. The third-order valence-electron chi connectivity index (χ3n) is 3.90. The lowest BCUT2D eigenvalue weighted by Crippen LogP contribution is -2.28. The first-order valence-electron chi connectivity index (χ1n) is 8.30. The fourth-order valence-corrected chi connectivity index (χ4v) is 4.56. The van der Waals surface area contributed by atoms with E-state index < -0.39 is 0 Å². The van der Waals surface area contributed by atoms with Crippen LogP contribution >= 0.6 is 46.3 Å². The summed E-state index contributed by atoms with van der Waals surface area (Å²) in [5.74, 6) is 0.166. The Balaban J connectivity index is 1.51. The van der Waals surface area contributed by atoms with Crippen molar-refractivity contribution in [2.45, 2.75) is 31.1 Å². The van der Waals surface area contributed by atoms with Gasteiger partial charge in [0.2, 0.25) is 5.91 Å². The maximum Gasteiger partial charge on any atom is 0.230 e. The number of hydrogen-bond acceptors (Lipinski definition) is 5. The summed E-state index contributed by atoms with van der Waals surface area (Å²) in [6, 6.07) is 9.20. The van der Waals surface area contributed by atoms with Gasteiger partial charge in [-0.1, -0.05) is 47.1 Å². The average Bonchev–Trinajstić information content (AvgIpc) is 3.29. The molecule has 1 N–H and O–H groups in total. The number of rotatable bonds is 8. The van der Waals surface area contributed by atoms with Crippen LogP contribution in [0.2, 0.25) is 10.0 Å². The highest BCUT2D eigenvalue weighted by atomic mass is 35.5. The molecule has 0 saturated heterocycles. The normalized spacial score (nSPS) is 12.1. The standard InChI is InChI=1S/C18H18Cl2N4OS2/c1-12(15-5-4-13(19)9-16(15)20)22-17(25)10-27-18-23-21-11-24(18)7-6-14-3-2-8-26-14/h2-5,8-9,11-12H,6-7,10H2,1H3,(H,22,25). The van der Waals surface area contributed by atoms with Gasteiger partial charge in [-0.3, -0.25) is 4.79 Å². The van der Waals surface area contributed by atoms with Gasteiger partial charge in [0.15, 0.2) is 5.16 Å². The predicted molar refractivity (Wildman–Crippen MR) is 112 cm³/mol. The molecule has 1 aromatic carbocycles. The number of carbonyl (C=O) groups is 1. The van der Waals surface area contributed by atoms with Gasteiger partial charge >= 0.3 is 0 Å². The number of nitrogens with one attached hydrogen (secondary N) is 1. The lowest BCUT2D eigenvalue weighted by atomic mass is 10.1. The Morgan fingerprint density at radius 1 is 1.37 bits per heavy atom. The Kier molecular flexibility index (Phi) is 7.18. The summed E-state index contributed by atoms with van der Waals surface area (Å²) >= 11 is 15.2. The van der Waals surface area contributed by atoms with E-state index in [2.05, 4.69) is 27.0 Å². The fraction of sp³-hybridized carbons (Fsp3) is 0.278. The Labute approximate surface area is 176 Å². The van der Waals surface area contributed by atoms with Crippen molar-refractivity contribution >= 4 is 52.2 Å². The van der Waals surface area contributed by atoms with E-state index in [1.807, 2.05) is 23.6 Å². The van der Waals surface area contributed by atoms with E-state index in [1.165, 1.54) is 16.6 Å². The molecular weight excluding hydrogens is 423 g/mol. The smallest absolute Gasteiger partial charge is 0.230 e. The number of aromatic nitrogens is 3. The highest BCUT2D eigenvalue weighted by Gasteiger charge is 2.14. The van der Waals surface area contributed by atoms with E-state index in [-0.39, 0.29) is 17.7 Å². The first-order valence-corrected chi connectivity index (χ1v) is 10.9. The first kappa shape index (κ1) is 20.2. The monoisotopic (exact) mass is 440 g/mol. The van der Waals surface area contributed by atoms with Gasteiger partial charge in [-0.25, -0.2) is 0 Å². The molecule has 3 aromatic rings. The van der Waals surface area contributed by atoms with Crippen LogP contribution in [0.3, 0.4) is 0 Å². The van der Waals surface area contributed by atoms with Crippen molar-refractivity contribution in [1.82, 2.24) is 20.1 Å². The lowest BCUT2D eigenvalue weighted by Gasteiger charge is -2.16. The molecule has 0 fully saturated rings. The quantitative estimate of drug-likeness (QED) is 0.508. The summed E-state index contributed by atoms with van der Waals surface area (Å²) in [7, 11) is 0. The molecule has 0 bridgehead atoms. The summed E-state index contributed by atoms with van der Waals surface area (Å²) < 4.78 is 1.97. The van der Waals surface area contributed by atoms with Crippen molar-refractivity contribution in [3.8, 4) is 0 Å². The number of amides is 1. The molecule has 2 heterocycles. The largest absolute Gasteiger partial charge is 0.349 e. The lowest BCUT2D eigenvalue weighted by molar-refractivity contribution is -0.119. The van der Waals surface area contributed by atoms with Crippen molar-refractivity contribution in [3.05, 3.63) is 62.5 Å². The van der Waals surface area contributed by atoms with Crippen LogP contribution < -0.4 is 5.32 Å². The second kappa shape index (κ2) is 9.59. The molecule has 9 heteroatoms. The second-order valence-corrected chi connectivity index (χ2v) is 8.70. The summed E-state index contributed by atoms with van der Waals surface area (Å²) in [6.07, 6.45) is 2.62. The molecule has 27 heavy (non-hydrogen) atoms. The Hall–Kier alpha value is -1.54. The van der Waals surface area contributed by atoms with Gasteiger partial charge in [0.25, 0.3) is 0 Å². The zero-order valence-corrected chi connectivity index (χ0v) is 17.7. The SMILES string of the molecule is CC(NC(=O)CSc1nncn1CCc1cccs1)c1ccc(Cl)cc1Cl. The van der Waals surface area contributed by atoms with Gasteiger partial charge in [-0.05, 0) is 42.5 Å². The third kappa shape index (κ3) is 5.72. The molecule has 0 spiro atoms. The number of halogens is 2. The molecule has 1 atom stereocenters. The number of carbonyl (C=O) groups excluding carboxylic acids is 1. The van der Waals surface area contributed by atoms with Crippen molar-refractivity contribution in [1.29, 1.82) is 0 Å². The number of thiophene rings is 1. The molecule has 0 aliphatic heterocycles. The first-order chi connectivity index (χ1) is 13.0. The number of nitrogens with zero attached hydrogens (tertiary/aromatic N) is 3. The maximum absolute atomic E-state index is 12.3. The van der Waals surface area contributed by atoms with Crippen LogP contribution in [0.15, 0.2) is 47.2 Å². The van der Waals surface area contributed by atoms with Gasteiger partial charge < -0.3 is 9.88 Å². The van der Waals surface area contributed by atoms with Crippen LogP contribution in [0.4, 0.5) is 0 Å². The van der Waals surface area contributed by atoms with Crippen LogP contribution in [0.5, 0.6) is 0 Å². The number of benzene rings is 1. The van der Waals surface area contributed by atoms with Gasteiger partial charge in [-0.2, -0.15) is 0 Å². The molecule has 3 rings (SSSR count). The van der Waals surface area contributed by atoms with Crippen molar-refractivity contribution in [3.63, 3.8) is 0 Å². The van der Waals surface area contributed by atoms with Crippen LogP contribution in [0, 0.1) is 0 Å². The maximum atomic E-state index is 12.3. The van der Waals surface area contributed by atoms with Crippen LogP contribution in [0.1, 0.15) is 23.4 Å². The highest BCUT2D eigenvalue weighted by molar-refractivity contribution is 7.99. The van der Waals surface area contributed by atoms with E-state index >= 15 is 0 Å². The summed E-state index contributed by atoms with van der Waals surface area (Å²) in [5.41, 5.74) is 0.832.